The number of hydrogen-bond acceptors (Lipinski definition) is 1. The van der Waals surface area contributed by atoms with Crippen LogP contribution in [-0.2, 0) is 6.54 Å². The highest BCUT2D eigenvalue weighted by atomic mass is 127. The molecule has 0 N–H and O–H groups in total. The van der Waals surface area contributed by atoms with Crippen molar-refractivity contribution in [3.05, 3.63) is 69.3 Å². The molecule has 0 aliphatic carbocycles. The Bertz CT molecular complexity index is 554. The van der Waals surface area contributed by atoms with E-state index in [9.17, 15) is 4.79 Å². The number of benzene rings is 2. The van der Waals surface area contributed by atoms with Crippen LogP contribution in [0.2, 0.25) is 0 Å². The molecule has 0 spiro atoms. The summed E-state index contributed by atoms with van der Waals surface area (Å²) in [4.78, 5) is 14.3. The Morgan fingerprint density at radius 3 is 2.47 bits per heavy atom. The van der Waals surface area contributed by atoms with Gasteiger partial charge in [0.25, 0.3) is 5.91 Å². The van der Waals surface area contributed by atoms with Crippen molar-refractivity contribution in [2.75, 3.05) is 6.54 Å². The van der Waals surface area contributed by atoms with Gasteiger partial charge in [-0.3, -0.25) is 4.79 Å². The average Bonchev–Trinajstić information content (AvgIpc) is 2.45. The third-order valence-corrected chi connectivity index (χ3v) is 3.63. The average molecular weight is 365 g/mol. The first-order chi connectivity index (χ1) is 9.20. The Labute approximate surface area is 127 Å². The predicted molar refractivity (Wildman–Crippen MR) is 86.0 cm³/mol. The second-order valence-corrected chi connectivity index (χ2v) is 5.56. The smallest absolute Gasteiger partial charge is 0.254 e. The van der Waals surface area contributed by atoms with Gasteiger partial charge in [0.2, 0.25) is 0 Å². The number of amides is 1. The van der Waals surface area contributed by atoms with E-state index < -0.39 is 0 Å². The van der Waals surface area contributed by atoms with Crippen molar-refractivity contribution in [2.45, 2.75) is 13.5 Å². The fourth-order valence-electron chi connectivity index (χ4n) is 1.94. The maximum Gasteiger partial charge on any atom is 0.254 e. The van der Waals surface area contributed by atoms with E-state index in [0.717, 1.165) is 14.7 Å². The molecule has 0 bridgehead atoms. The quantitative estimate of drug-likeness (QED) is 0.752. The summed E-state index contributed by atoms with van der Waals surface area (Å²) in [6.07, 6.45) is 0. The van der Waals surface area contributed by atoms with E-state index in [4.69, 9.17) is 0 Å². The van der Waals surface area contributed by atoms with E-state index in [2.05, 4.69) is 22.6 Å². The molecule has 0 fully saturated rings. The fraction of sp³-hybridized carbons (Fsp3) is 0.188. The van der Waals surface area contributed by atoms with Gasteiger partial charge < -0.3 is 4.90 Å². The lowest BCUT2D eigenvalue weighted by Gasteiger charge is -2.21. The predicted octanol–water partition coefficient (Wildman–Crippen LogP) is 3.95. The number of carbonyl (C=O) groups is 1. The van der Waals surface area contributed by atoms with Crippen molar-refractivity contribution in [3.8, 4) is 0 Å². The van der Waals surface area contributed by atoms with Crippen LogP contribution in [0, 0.1) is 3.57 Å². The third-order valence-electron chi connectivity index (χ3n) is 2.96. The lowest BCUT2D eigenvalue weighted by Crippen LogP contribution is -2.30. The molecule has 0 aliphatic rings. The van der Waals surface area contributed by atoms with Gasteiger partial charge in [-0.2, -0.15) is 0 Å². The second-order valence-electron chi connectivity index (χ2n) is 4.32. The van der Waals surface area contributed by atoms with Crippen LogP contribution in [-0.4, -0.2) is 17.4 Å². The first-order valence-electron chi connectivity index (χ1n) is 6.29. The first kappa shape index (κ1) is 14.1. The van der Waals surface area contributed by atoms with Crippen LogP contribution in [0.4, 0.5) is 0 Å². The van der Waals surface area contributed by atoms with E-state index in [-0.39, 0.29) is 5.91 Å². The molecular formula is C16H16INO. The lowest BCUT2D eigenvalue weighted by molar-refractivity contribution is 0.0752. The highest BCUT2D eigenvalue weighted by Gasteiger charge is 2.14. The molecular weight excluding hydrogens is 349 g/mol. The van der Waals surface area contributed by atoms with Gasteiger partial charge >= 0.3 is 0 Å². The fourth-order valence-corrected chi connectivity index (χ4v) is 2.48. The Balaban J connectivity index is 2.16. The first-order valence-corrected chi connectivity index (χ1v) is 7.37. The zero-order chi connectivity index (χ0) is 13.7. The van der Waals surface area contributed by atoms with Gasteiger partial charge in [0.15, 0.2) is 0 Å². The second kappa shape index (κ2) is 6.70. The van der Waals surface area contributed by atoms with Crippen molar-refractivity contribution in [3.63, 3.8) is 0 Å². The van der Waals surface area contributed by atoms with E-state index in [1.807, 2.05) is 66.4 Å². The van der Waals surface area contributed by atoms with Crippen LogP contribution >= 0.6 is 22.6 Å². The summed E-state index contributed by atoms with van der Waals surface area (Å²) in [5.41, 5.74) is 1.91. The standard InChI is InChI=1S/C16H16INO/c1-2-18(12-13-7-4-3-5-8-13)16(19)14-9-6-10-15(17)11-14/h3-11H,2,12H2,1H3. The Morgan fingerprint density at radius 1 is 1.11 bits per heavy atom. The van der Waals surface area contributed by atoms with Gasteiger partial charge in [0, 0.05) is 22.2 Å². The van der Waals surface area contributed by atoms with Crippen LogP contribution in [0.5, 0.6) is 0 Å². The summed E-state index contributed by atoms with van der Waals surface area (Å²) in [5, 5.41) is 0. The highest BCUT2D eigenvalue weighted by molar-refractivity contribution is 14.1. The largest absolute Gasteiger partial charge is 0.335 e. The van der Waals surface area contributed by atoms with Gasteiger partial charge in [-0.05, 0) is 53.3 Å². The van der Waals surface area contributed by atoms with Gasteiger partial charge in [-0.15, -0.1) is 0 Å². The maximum absolute atomic E-state index is 12.5. The molecule has 0 saturated carbocycles. The molecule has 2 rings (SSSR count). The van der Waals surface area contributed by atoms with Crippen molar-refractivity contribution in [2.24, 2.45) is 0 Å². The molecule has 98 valence electrons. The number of nitrogens with zero attached hydrogens (tertiary/aromatic N) is 1. The Hall–Kier alpha value is -1.36. The topological polar surface area (TPSA) is 20.3 Å². The normalized spacial score (nSPS) is 10.2. The number of halogens is 1. The van der Waals surface area contributed by atoms with Crippen LogP contribution in [0.15, 0.2) is 54.6 Å². The monoisotopic (exact) mass is 365 g/mol. The van der Waals surface area contributed by atoms with Crippen LogP contribution in [0.3, 0.4) is 0 Å². The van der Waals surface area contributed by atoms with Crippen LogP contribution in [0.1, 0.15) is 22.8 Å². The molecule has 2 aromatic carbocycles. The van der Waals surface area contributed by atoms with Gasteiger partial charge in [-0.1, -0.05) is 36.4 Å². The molecule has 0 heterocycles. The zero-order valence-corrected chi connectivity index (χ0v) is 13.0. The van der Waals surface area contributed by atoms with Crippen molar-refractivity contribution in [1.82, 2.24) is 4.90 Å². The maximum atomic E-state index is 12.5. The van der Waals surface area contributed by atoms with Crippen molar-refractivity contribution < 1.29 is 4.79 Å². The van der Waals surface area contributed by atoms with Gasteiger partial charge in [0.1, 0.15) is 0 Å². The number of hydrogen-bond donors (Lipinski definition) is 0. The lowest BCUT2D eigenvalue weighted by atomic mass is 10.1. The molecule has 19 heavy (non-hydrogen) atoms. The minimum atomic E-state index is 0.0878. The Morgan fingerprint density at radius 2 is 1.84 bits per heavy atom. The third kappa shape index (κ3) is 3.80. The molecule has 0 saturated heterocycles. The van der Waals surface area contributed by atoms with Crippen molar-refractivity contribution >= 4 is 28.5 Å². The van der Waals surface area contributed by atoms with E-state index in [0.29, 0.717) is 13.1 Å². The van der Waals surface area contributed by atoms with Crippen LogP contribution in [0.25, 0.3) is 0 Å². The number of carbonyl (C=O) groups excluding carboxylic acids is 1. The molecule has 2 nitrogen and oxygen atoms in total. The summed E-state index contributed by atoms with van der Waals surface area (Å²) >= 11 is 2.23. The molecule has 2 aromatic rings. The van der Waals surface area contributed by atoms with Gasteiger partial charge in [-0.25, -0.2) is 0 Å². The minimum absolute atomic E-state index is 0.0878. The van der Waals surface area contributed by atoms with Crippen molar-refractivity contribution in [1.29, 1.82) is 0 Å². The SMILES string of the molecule is CCN(Cc1ccccc1)C(=O)c1cccc(I)c1. The summed E-state index contributed by atoms with van der Waals surface area (Å²) < 4.78 is 1.08. The van der Waals surface area contributed by atoms with E-state index in [1.165, 1.54) is 0 Å². The molecule has 0 radical (unpaired) electrons. The summed E-state index contributed by atoms with van der Waals surface area (Å²) in [6, 6.07) is 17.8. The molecule has 0 aliphatic heterocycles. The molecule has 0 atom stereocenters. The number of rotatable bonds is 4. The van der Waals surface area contributed by atoms with E-state index in [1.54, 1.807) is 0 Å². The molecule has 1 amide bonds. The zero-order valence-electron chi connectivity index (χ0n) is 10.8. The Kier molecular flexibility index (Phi) is 4.96. The van der Waals surface area contributed by atoms with Gasteiger partial charge in [0.05, 0.1) is 0 Å². The van der Waals surface area contributed by atoms with Crippen LogP contribution < -0.4 is 0 Å². The highest BCUT2D eigenvalue weighted by Crippen LogP contribution is 2.12. The summed E-state index contributed by atoms with van der Waals surface area (Å²) in [5.74, 6) is 0.0878. The molecule has 0 unspecified atom stereocenters. The summed E-state index contributed by atoms with van der Waals surface area (Å²) in [6.45, 7) is 3.37. The van der Waals surface area contributed by atoms with E-state index >= 15 is 0 Å². The minimum Gasteiger partial charge on any atom is -0.335 e. The molecule has 3 heteroatoms. The summed E-state index contributed by atoms with van der Waals surface area (Å²) in [7, 11) is 0. The molecule has 0 aromatic heterocycles.